The second-order valence-electron chi connectivity index (χ2n) is 3.98. The largest absolute Gasteiger partial charge is 0.494 e. The van der Waals surface area contributed by atoms with Crippen molar-refractivity contribution in [2.24, 2.45) is 5.16 Å². The molecule has 0 fully saturated rings. The molecule has 0 aliphatic carbocycles. The molecule has 94 valence electrons. The quantitative estimate of drug-likeness (QED) is 0.337. The molecule has 0 atom stereocenters. The van der Waals surface area contributed by atoms with Crippen molar-refractivity contribution in [3.8, 4) is 5.75 Å². The number of unbranched alkanes of at least 4 members (excludes halogenated alkanes) is 2. The van der Waals surface area contributed by atoms with Crippen LogP contribution in [0.1, 0.15) is 45.1 Å². The van der Waals surface area contributed by atoms with E-state index in [1.54, 1.807) is 0 Å². The lowest BCUT2D eigenvalue weighted by atomic mass is 10.1. The van der Waals surface area contributed by atoms with Crippen molar-refractivity contribution >= 4 is 5.71 Å². The Morgan fingerprint density at radius 3 is 2.41 bits per heavy atom. The topological polar surface area (TPSA) is 41.8 Å². The second kappa shape index (κ2) is 7.71. The van der Waals surface area contributed by atoms with Crippen LogP contribution in [0, 0.1) is 0 Å². The minimum Gasteiger partial charge on any atom is -0.494 e. The van der Waals surface area contributed by atoms with Gasteiger partial charge in [-0.05, 0) is 42.7 Å². The van der Waals surface area contributed by atoms with E-state index in [0.29, 0.717) is 12.1 Å². The Morgan fingerprint density at radius 1 is 1.18 bits per heavy atom. The highest BCUT2D eigenvalue weighted by Crippen LogP contribution is 2.14. The monoisotopic (exact) mass is 235 g/mol. The molecule has 1 N–H and O–H groups in total. The van der Waals surface area contributed by atoms with Gasteiger partial charge < -0.3 is 9.94 Å². The minimum absolute atomic E-state index is 0.697. The molecule has 0 amide bonds. The van der Waals surface area contributed by atoms with Crippen LogP contribution < -0.4 is 4.74 Å². The molecule has 0 spiro atoms. The van der Waals surface area contributed by atoms with Crippen molar-refractivity contribution in [1.29, 1.82) is 0 Å². The first kappa shape index (κ1) is 13.6. The summed E-state index contributed by atoms with van der Waals surface area (Å²) in [6, 6.07) is 7.69. The summed E-state index contributed by atoms with van der Waals surface area (Å²) in [5.41, 5.74) is 1.64. The SMILES string of the molecule is CCCCCOc1ccc(/C(CC)=N/O)cc1. The molecule has 1 aromatic rings. The van der Waals surface area contributed by atoms with Gasteiger partial charge in [-0.1, -0.05) is 31.8 Å². The van der Waals surface area contributed by atoms with Crippen LogP contribution in [-0.2, 0) is 0 Å². The van der Waals surface area contributed by atoms with Crippen LogP contribution in [0.25, 0.3) is 0 Å². The molecule has 0 saturated carbocycles. The van der Waals surface area contributed by atoms with Gasteiger partial charge in [0, 0.05) is 0 Å². The Bertz CT molecular complexity index is 344. The summed E-state index contributed by atoms with van der Waals surface area (Å²) in [5.74, 6) is 0.873. The number of nitrogens with zero attached hydrogens (tertiary/aromatic N) is 1. The van der Waals surface area contributed by atoms with E-state index in [4.69, 9.17) is 9.94 Å². The van der Waals surface area contributed by atoms with Gasteiger partial charge in [-0.15, -0.1) is 0 Å². The number of ether oxygens (including phenoxy) is 1. The summed E-state index contributed by atoms with van der Waals surface area (Å²) in [6.07, 6.45) is 4.22. The summed E-state index contributed by atoms with van der Waals surface area (Å²) in [5, 5.41) is 12.1. The zero-order valence-corrected chi connectivity index (χ0v) is 10.6. The minimum atomic E-state index is 0.697. The van der Waals surface area contributed by atoms with E-state index in [2.05, 4.69) is 12.1 Å². The highest BCUT2D eigenvalue weighted by molar-refractivity contribution is 6.00. The van der Waals surface area contributed by atoms with Crippen LogP contribution >= 0.6 is 0 Å². The van der Waals surface area contributed by atoms with Crippen LogP contribution in [0.5, 0.6) is 5.75 Å². The molecule has 0 bridgehead atoms. The summed E-state index contributed by atoms with van der Waals surface area (Å²) < 4.78 is 5.61. The summed E-state index contributed by atoms with van der Waals surface area (Å²) in [6.45, 7) is 4.90. The number of rotatable bonds is 7. The zero-order valence-electron chi connectivity index (χ0n) is 10.6. The Morgan fingerprint density at radius 2 is 1.88 bits per heavy atom. The summed E-state index contributed by atoms with van der Waals surface area (Å²) in [7, 11) is 0. The van der Waals surface area contributed by atoms with Gasteiger partial charge in [0.25, 0.3) is 0 Å². The van der Waals surface area contributed by atoms with Crippen molar-refractivity contribution < 1.29 is 9.94 Å². The van der Waals surface area contributed by atoms with Gasteiger partial charge in [0.1, 0.15) is 5.75 Å². The number of hydrogen-bond acceptors (Lipinski definition) is 3. The van der Waals surface area contributed by atoms with Crippen molar-refractivity contribution in [2.75, 3.05) is 6.61 Å². The van der Waals surface area contributed by atoms with E-state index in [0.717, 1.165) is 24.3 Å². The second-order valence-corrected chi connectivity index (χ2v) is 3.98. The highest BCUT2D eigenvalue weighted by atomic mass is 16.5. The van der Waals surface area contributed by atoms with Crippen LogP contribution in [0.2, 0.25) is 0 Å². The van der Waals surface area contributed by atoms with Gasteiger partial charge >= 0.3 is 0 Å². The van der Waals surface area contributed by atoms with E-state index in [9.17, 15) is 0 Å². The molecule has 1 aromatic carbocycles. The fourth-order valence-corrected chi connectivity index (χ4v) is 1.62. The molecular formula is C14H21NO2. The maximum atomic E-state index is 8.81. The number of oxime groups is 1. The predicted molar refractivity (Wildman–Crippen MR) is 70.1 cm³/mol. The molecule has 17 heavy (non-hydrogen) atoms. The molecule has 0 aliphatic heterocycles. The molecule has 0 unspecified atom stereocenters. The van der Waals surface area contributed by atoms with Crippen molar-refractivity contribution in [2.45, 2.75) is 39.5 Å². The maximum absolute atomic E-state index is 8.81. The molecule has 0 heterocycles. The van der Waals surface area contributed by atoms with Crippen LogP contribution in [0.3, 0.4) is 0 Å². The third-order valence-corrected chi connectivity index (χ3v) is 2.66. The summed E-state index contributed by atoms with van der Waals surface area (Å²) in [4.78, 5) is 0. The standard InChI is InChI=1S/C14H21NO2/c1-3-5-6-11-17-13-9-7-12(8-10-13)14(4-2)15-16/h7-10,16H,3-6,11H2,1-2H3/b15-14+. The zero-order chi connectivity index (χ0) is 12.5. The molecule has 0 radical (unpaired) electrons. The van der Waals surface area contributed by atoms with E-state index in [1.165, 1.54) is 12.8 Å². The van der Waals surface area contributed by atoms with E-state index >= 15 is 0 Å². The van der Waals surface area contributed by atoms with Crippen LogP contribution in [-0.4, -0.2) is 17.5 Å². The van der Waals surface area contributed by atoms with Gasteiger partial charge in [-0.2, -0.15) is 0 Å². The predicted octanol–water partition coefficient (Wildman–Crippen LogP) is 3.84. The van der Waals surface area contributed by atoms with Gasteiger partial charge in [0.15, 0.2) is 0 Å². The first-order chi connectivity index (χ1) is 8.31. The lowest BCUT2D eigenvalue weighted by molar-refractivity contribution is 0.306. The third-order valence-electron chi connectivity index (χ3n) is 2.66. The fourth-order valence-electron chi connectivity index (χ4n) is 1.62. The lowest BCUT2D eigenvalue weighted by Crippen LogP contribution is -2.00. The number of benzene rings is 1. The molecule has 3 heteroatoms. The number of hydrogen-bond donors (Lipinski definition) is 1. The summed E-state index contributed by atoms with van der Waals surface area (Å²) >= 11 is 0. The highest BCUT2D eigenvalue weighted by Gasteiger charge is 2.01. The molecule has 3 nitrogen and oxygen atoms in total. The van der Waals surface area contributed by atoms with Crippen LogP contribution in [0.4, 0.5) is 0 Å². The first-order valence-electron chi connectivity index (χ1n) is 6.26. The van der Waals surface area contributed by atoms with Gasteiger partial charge in [0.05, 0.1) is 12.3 Å². The van der Waals surface area contributed by atoms with Crippen LogP contribution in [0.15, 0.2) is 29.4 Å². The van der Waals surface area contributed by atoms with Gasteiger partial charge in [-0.25, -0.2) is 0 Å². The normalized spacial score (nSPS) is 11.5. The Hall–Kier alpha value is -1.51. The Balaban J connectivity index is 2.50. The molecular weight excluding hydrogens is 214 g/mol. The maximum Gasteiger partial charge on any atom is 0.119 e. The molecule has 0 aliphatic rings. The van der Waals surface area contributed by atoms with Crippen molar-refractivity contribution in [3.63, 3.8) is 0 Å². The molecule has 0 aromatic heterocycles. The first-order valence-corrected chi connectivity index (χ1v) is 6.26. The average Bonchev–Trinajstić information content (AvgIpc) is 2.38. The third kappa shape index (κ3) is 4.47. The lowest BCUT2D eigenvalue weighted by Gasteiger charge is -2.07. The van der Waals surface area contributed by atoms with Crippen molar-refractivity contribution in [1.82, 2.24) is 0 Å². The van der Waals surface area contributed by atoms with Gasteiger partial charge in [-0.3, -0.25) is 0 Å². The Labute approximate surface area is 103 Å². The molecule has 1 rings (SSSR count). The van der Waals surface area contributed by atoms with E-state index in [1.807, 2.05) is 31.2 Å². The Kier molecular flexibility index (Phi) is 6.15. The smallest absolute Gasteiger partial charge is 0.119 e. The van der Waals surface area contributed by atoms with Crippen molar-refractivity contribution in [3.05, 3.63) is 29.8 Å². The average molecular weight is 235 g/mol. The van der Waals surface area contributed by atoms with Gasteiger partial charge in [0.2, 0.25) is 0 Å². The molecule has 0 saturated heterocycles. The van der Waals surface area contributed by atoms with E-state index in [-0.39, 0.29) is 0 Å². The fraction of sp³-hybridized carbons (Fsp3) is 0.500. The van der Waals surface area contributed by atoms with E-state index < -0.39 is 0 Å².